The Hall–Kier alpha value is -4.00. The summed E-state index contributed by atoms with van der Waals surface area (Å²) in [6.45, 7) is 0. The highest BCUT2D eigenvalue weighted by Crippen LogP contribution is 2.23. The Kier molecular flexibility index (Phi) is 5.57. The zero-order chi connectivity index (χ0) is 19.9. The highest BCUT2D eigenvalue weighted by atomic mass is 16.5. The molecular weight excluding hydrogens is 366 g/mol. The number of aromatic nitrogens is 4. The van der Waals surface area contributed by atoms with Crippen LogP contribution in [0.1, 0.15) is 11.6 Å². The van der Waals surface area contributed by atoms with E-state index in [4.69, 9.17) is 4.74 Å². The van der Waals surface area contributed by atoms with Crippen molar-refractivity contribution in [2.24, 2.45) is 0 Å². The van der Waals surface area contributed by atoms with Gasteiger partial charge < -0.3 is 10.1 Å². The molecule has 1 atom stereocenters. The molecule has 3 aromatic carbocycles. The topological polar surface area (TPSA) is 81.9 Å². The van der Waals surface area contributed by atoms with Crippen molar-refractivity contribution in [2.45, 2.75) is 12.5 Å². The molecule has 0 radical (unpaired) electrons. The van der Waals surface area contributed by atoms with Gasteiger partial charge in [0.1, 0.15) is 23.9 Å². The van der Waals surface area contributed by atoms with Gasteiger partial charge in [-0.3, -0.25) is 4.79 Å². The van der Waals surface area contributed by atoms with Gasteiger partial charge in [0.15, 0.2) is 0 Å². The minimum absolute atomic E-state index is 0.196. The fourth-order valence-electron chi connectivity index (χ4n) is 2.91. The monoisotopic (exact) mass is 385 g/mol. The predicted molar refractivity (Wildman–Crippen MR) is 109 cm³/mol. The second-order valence-corrected chi connectivity index (χ2v) is 6.42. The van der Waals surface area contributed by atoms with Crippen molar-refractivity contribution in [1.82, 2.24) is 20.2 Å². The second-order valence-electron chi connectivity index (χ2n) is 6.42. The van der Waals surface area contributed by atoms with Crippen molar-refractivity contribution in [2.75, 3.05) is 5.32 Å². The maximum atomic E-state index is 12.9. The number of nitrogens with zero attached hydrogens (tertiary/aromatic N) is 4. The smallest absolute Gasteiger partial charge is 0.249 e. The number of ether oxygens (including phenoxy) is 1. The Labute approximate surface area is 168 Å². The number of para-hydroxylation sites is 1. The molecular formula is C22H19N5O2. The van der Waals surface area contributed by atoms with Crippen LogP contribution in [0.25, 0.3) is 0 Å². The number of anilines is 1. The average molecular weight is 385 g/mol. The molecule has 1 amide bonds. The third-order valence-corrected chi connectivity index (χ3v) is 4.36. The molecule has 0 spiro atoms. The second kappa shape index (κ2) is 8.79. The minimum Gasteiger partial charge on any atom is -0.457 e. The molecule has 7 nitrogen and oxygen atoms in total. The molecule has 144 valence electrons. The van der Waals surface area contributed by atoms with Gasteiger partial charge in [0.05, 0.1) is 0 Å². The van der Waals surface area contributed by atoms with E-state index in [1.807, 2.05) is 72.8 Å². The van der Waals surface area contributed by atoms with Gasteiger partial charge in [-0.1, -0.05) is 48.5 Å². The fraction of sp³-hybridized carbons (Fsp3) is 0.0909. The summed E-state index contributed by atoms with van der Waals surface area (Å²) >= 11 is 0. The molecule has 7 heteroatoms. The molecule has 0 fully saturated rings. The Morgan fingerprint density at radius 1 is 0.897 bits per heavy atom. The highest BCUT2D eigenvalue weighted by molar-refractivity contribution is 5.93. The largest absolute Gasteiger partial charge is 0.457 e. The molecule has 1 heterocycles. The summed E-state index contributed by atoms with van der Waals surface area (Å²) in [5.41, 5.74) is 1.69. The Bertz CT molecular complexity index is 1040. The van der Waals surface area contributed by atoms with Crippen LogP contribution in [0.3, 0.4) is 0 Å². The summed E-state index contributed by atoms with van der Waals surface area (Å²) in [4.78, 5) is 12.9. The zero-order valence-corrected chi connectivity index (χ0v) is 15.6. The van der Waals surface area contributed by atoms with Gasteiger partial charge in [0.25, 0.3) is 0 Å². The van der Waals surface area contributed by atoms with Crippen LogP contribution in [0.2, 0.25) is 0 Å². The van der Waals surface area contributed by atoms with Crippen LogP contribution in [-0.4, -0.2) is 26.1 Å². The number of amides is 1. The highest BCUT2D eigenvalue weighted by Gasteiger charge is 2.22. The van der Waals surface area contributed by atoms with E-state index >= 15 is 0 Å². The molecule has 0 aliphatic rings. The van der Waals surface area contributed by atoms with E-state index < -0.39 is 6.04 Å². The van der Waals surface area contributed by atoms with Crippen LogP contribution in [0.5, 0.6) is 11.5 Å². The first-order chi connectivity index (χ1) is 14.3. The van der Waals surface area contributed by atoms with E-state index in [0.717, 1.165) is 11.3 Å². The Morgan fingerprint density at radius 3 is 2.21 bits per heavy atom. The van der Waals surface area contributed by atoms with Crippen molar-refractivity contribution in [3.05, 3.63) is 96.8 Å². The summed E-state index contributed by atoms with van der Waals surface area (Å²) in [7, 11) is 0. The maximum Gasteiger partial charge on any atom is 0.249 e. The molecule has 4 rings (SSSR count). The van der Waals surface area contributed by atoms with Gasteiger partial charge in [-0.2, -0.15) is 0 Å². The number of hydrogen-bond donors (Lipinski definition) is 1. The van der Waals surface area contributed by atoms with Crippen molar-refractivity contribution in [3.63, 3.8) is 0 Å². The molecule has 4 aromatic rings. The van der Waals surface area contributed by atoms with Crippen LogP contribution >= 0.6 is 0 Å². The predicted octanol–water partition coefficient (Wildman–Crippen LogP) is 3.89. The maximum absolute atomic E-state index is 12.9. The van der Waals surface area contributed by atoms with Crippen LogP contribution in [-0.2, 0) is 11.2 Å². The first-order valence-electron chi connectivity index (χ1n) is 9.18. The number of carbonyl (C=O) groups is 1. The van der Waals surface area contributed by atoms with E-state index in [2.05, 4.69) is 20.8 Å². The average Bonchev–Trinajstić information content (AvgIpc) is 3.29. The van der Waals surface area contributed by atoms with Gasteiger partial charge in [-0.25, -0.2) is 4.68 Å². The number of tetrazole rings is 1. The molecule has 0 saturated heterocycles. The van der Waals surface area contributed by atoms with E-state index in [0.29, 0.717) is 17.9 Å². The minimum atomic E-state index is -0.562. The third-order valence-electron chi connectivity index (χ3n) is 4.36. The quantitative estimate of drug-likeness (QED) is 0.522. The normalized spacial score (nSPS) is 11.6. The van der Waals surface area contributed by atoms with Gasteiger partial charge in [0.2, 0.25) is 5.91 Å². The molecule has 1 aromatic heterocycles. The lowest BCUT2D eigenvalue weighted by molar-refractivity contribution is -0.119. The van der Waals surface area contributed by atoms with Crippen molar-refractivity contribution in [1.29, 1.82) is 0 Å². The zero-order valence-electron chi connectivity index (χ0n) is 15.6. The van der Waals surface area contributed by atoms with Crippen LogP contribution in [0.4, 0.5) is 5.69 Å². The van der Waals surface area contributed by atoms with Crippen LogP contribution < -0.4 is 10.1 Å². The van der Waals surface area contributed by atoms with Gasteiger partial charge in [-0.05, 0) is 52.4 Å². The lowest BCUT2D eigenvalue weighted by Crippen LogP contribution is -2.28. The Balaban J connectivity index is 1.46. The summed E-state index contributed by atoms with van der Waals surface area (Å²) in [5.74, 6) is 1.25. The van der Waals surface area contributed by atoms with Crippen LogP contribution in [0, 0.1) is 0 Å². The summed E-state index contributed by atoms with van der Waals surface area (Å²) in [6.07, 6.45) is 1.93. The first-order valence-corrected chi connectivity index (χ1v) is 9.18. The van der Waals surface area contributed by atoms with E-state index in [1.165, 1.54) is 11.0 Å². The number of carbonyl (C=O) groups excluding carboxylic acids is 1. The number of hydrogen-bond acceptors (Lipinski definition) is 5. The fourth-order valence-corrected chi connectivity index (χ4v) is 2.91. The molecule has 0 unspecified atom stereocenters. The molecule has 0 aliphatic heterocycles. The summed E-state index contributed by atoms with van der Waals surface area (Å²) < 4.78 is 7.25. The van der Waals surface area contributed by atoms with Gasteiger partial charge in [0, 0.05) is 12.1 Å². The number of benzene rings is 3. The SMILES string of the molecule is O=C(Nc1ccc(Oc2ccccc2)cc1)[C@H](Cc1ccccc1)n1cnnn1. The summed E-state index contributed by atoms with van der Waals surface area (Å²) in [6, 6.07) is 26.0. The summed E-state index contributed by atoms with van der Waals surface area (Å²) in [5, 5.41) is 14.2. The Morgan fingerprint density at radius 2 is 1.55 bits per heavy atom. The van der Waals surface area contributed by atoms with Crippen LogP contribution in [0.15, 0.2) is 91.3 Å². The van der Waals surface area contributed by atoms with E-state index in [9.17, 15) is 4.79 Å². The standard InChI is InChI=1S/C22H19N5O2/c28-22(21(27-16-23-25-26-27)15-17-7-3-1-4-8-17)24-18-11-13-20(14-12-18)29-19-9-5-2-6-10-19/h1-14,16,21H,15H2,(H,24,28)/t21-/m0/s1. The van der Waals surface area contributed by atoms with Crippen molar-refractivity contribution in [3.8, 4) is 11.5 Å². The van der Waals surface area contributed by atoms with Crippen molar-refractivity contribution < 1.29 is 9.53 Å². The first kappa shape index (κ1) is 18.4. The van der Waals surface area contributed by atoms with Gasteiger partial charge >= 0.3 is 0 Å². The number of rotatable bonds is 7. The molecule has 1 N–H and O–H groups in total. The number of nitrogens with one attached hydrogen (secondary N) is 1. The lowest BCUT2D eigenvalue weighted by Gasteiger charge is -2.16. The van der Waals surface area contributed by atoms with E-state index in [-0.39, 0.29) is 5.91 Å². The molecule has 0 bridgehead atoms. The third kappa shape index (κ3) is 4.84. The van der Waals surface area contributed by atoms with Crippen molar-refractivity contribution >= 4 is 11.6 Å². The molecule has 0 aliphatic carbocycles. The lowest BCUT2D eigenvalue weighted by atomic mass is 10.1. The molecule has 29 heavy (non-hydrogen) atoms. The van der Waals surface area contributed by atoms with E-state index in [1.54, 1.807) is 12.1 Å². The molecule has 0 saturated carbocycles. The van der Waals surface area contributed by atoms with Gasteiger partial charge in [-0.15, -0.1) is 5.10 Å².